The first kappa shape index (κ1) is 12.0. The Hall–Kier alpha value is -2.43. The minimum Gasteiger partial charge on any atom is -0.489 e. The summed E-state index contributed by atoms with van der Waals surface area (Å²) >= 11 is 0. The molecule has 0 aromatic heterocycles. The van der Waals surface area contributed by atoms with Gasteiger partial charge >= 0.3 is 0 Å². The average Bonchev–Trinajstić information content (AvgIpc) is 2.37. The van der Waals surface area contributed by atoms with E-state index in [0.717, 1.165) is 0 Å². The van der Waals surface area contributed by atoms with Crippen molar-refractivity contribution in [2.75, 3.05) is 0 Å². The average molecular weight is 247 g/mol. The van der Waals surface area contributed by atoms with Gasteiger partial charge in [-0.15, -0.1) is 0 Å². The summed E-state index contributed by atoms with van der Waals surface area (Å²) in [4.78, 5) is 10.1. The zero-order chi connectivity index (χ0) is 13.0. The van der Waals surface area contributed by atoms with Gasteiger partial charge in [0.1, 0.15) is 18.2 Å². The van der Waals surface area contributed by atoms with Crippen molar-refractivity contribution in [1.82, 2.24) is 0 Å². The fourth-order valence-electron chi connectivity index (χ4n) is 1.48. The lowest BCUT2D eigenvalue weighted by Gasteiger charge is -2.05. The van der Waals surface area contributed by atoms with Crippen LogP contribution in [0.3, 0.4) is 0 Å². The molecule has 5 heteroatoms. The van der Waals surface area contributed by atoms with Crippen LogP contribution in [0.1, 0.15) is 5.56 Å². The number of nitro benzene ring substituents is 1. The number of ether oxygens (including phenoxy) is 1. The fourth-order valence-corrected chi connectivity index (χ4v) is 1.48. The minimum atomic E-state index is -0.491. The van der Waals surface area contributed by atoms with E-state index in [4.69, 9.17) is 4.74 Å². The molecular weight excluding hydrogens is 237 g/mol. The summed E-state index contributed by atoms with van der Waals surface area (Å²) < 4.78 is 18.3. The van der Waals surface area contributed by atoms with Gasteiger partial charge in [0.15, 0.2) is 0 Å². The SMILES string of the molecule is O=[N+]([O-])c1cccc(OCc2cccc(F)c2)c1. The Morgan fingerprint density at radius 3 is 2.67 bits per heavy atom. The third-order valence-electron chi connectivity index (χ3n) is 2.32. The Morgan fingerprint density at radius 2 is 1.94 bits per heavy atom. The Kier molecular flexibility index (Phi) is 3.52. The first-order chi connectivity index (χ1) is 8.65. The molecule has 0 aliphatic rings. The van der Waals surface area contributed by atoms with Crippen molar-refractivity contribution in [2.45, 2.75) is 6.61 Å². The van der Waals surface area contributed by atoms with Gasteiger partial charge in [-0.3, -0.25) is 10.1 Å². The maximum atomic E-state index is 12.9. The molecule has 0 amide bonds. The van der Waals surface area contributed by atoms with Gasteiger partial charge in [-0.25, -0.2) is 4.39 Å². The van der Waals surface area contributed by atoms with E-state index >= 15 is 0 Å². The smallest absolute Gasteiger partial charge is 0.273 e. The maximum Gasteiger partial charge on any atom is 0.273 e. The van der Waals surface area contributed by atoms with Crippen molar-refractivity contribution in [2.24, 2.45) is 0 Å². The molecule has 0 N–H and O–H groups in total. The second-order valence-corrected chi connectivity index (χ2v) is 3.67. The van der Waals surface area contributed by atoms with Crippen LogP contribution < -0.4 is 4.74 Å². The number of nitro groups is 1. The zero-order valence-electron chi connectivity index (χ0n) is 9.38. The van der Waals surface area contributed by atoms with E-state index in [9.17, 15) is 14.5 Å². The van der Waals surface area contributed by atoms with Crippen LogP contribution in [0.2, 0.25) is 0 Å². The highest BCUT2D eigenvalue weighted by Gasteiger charge is 2.06. The third-order valence-corrected chi connectivity index (χ3v) is 2.32. The van der Waals surface area contributed by atoms with Crippen molar-refractivity contribution >= 4 is 5.69 Å². The molecule has 0 spiro atoms. The van der Waals surface area contributed by atoms with Crippen LogP contribution in [-0.2, 0) is 6.61 Å². The summed E-state index contributed by atoms with van der Waals surface area (Å²) in [6, 6.07) is 11.9. The predicted molar refractivity (Wildman–Crippen MR) is 63.8 cm³/mol. The molecule has 0 radical (unpaired) electrons. The van der Waals surface area contributed by atoms with Crippen LogP contribution in [0.5, 0.6) is 5.75 Å². The molecule has 0 aliphatic heterocycles. The molecule has 0 fully saturated rings. The summed E-state index contributed by atoms with van der Waals surface area (Å²) in [5.41, 5.74) is 0.633. The van der Waals surface area contributed by atoms with Crippen LogP contribution in [0.15, 0.2) is 48.5 Å². The first-order valence-corrected chi connectivity index (χ1v) is 5.27. The highest BCUT2D eigenvalue weighted by Crippen LogP contribution is 2.20. The molecule has 0 unspecified atom stereocenters. The van der Waals surface area contributed by atoms with Crippen molar-refractivity contribution < 1.29 is 14.1 Å². The molecule has 0 saturated heterocycles. The van der Waals surface area contributed by atoms with E-state index in [1.54, 1.807) is 24.3 Å². The summed E-state index contributed by atoms with van der Waals surface area (Å²) in [6.45, 7) is 0.166. The quantitative estimate of drug-likeness (QED) is 0.615. The Balaban J connectivity index is 2.06. The zero-order valence-corrected chi connectivity index (χ0v) is 9.38. The highest BCUT2D eigenvalue weighted by molar-refractivity contribution is 5.38. The van der Waals surface area contributed by atoms with Crippen LogP contribution >= 0.6 is 0 Å². The maximum absolute atomic E-state index is 12.9. The lowest BCUT2D eigenvalue weighted by molar-refractivity contribution is -0.384. The monoisotopic (exact) mass is 247 g/mol. The molecule has 0 aliphatic carbocycles. The molecule has 4 nitrogen and oxygen atoms in total. The van der Waals surface area contributed by atoms with E-state index in [0.29, 0.717) is 11.3 Å². The van der Waals surface area contributed by atoms with Crippen LogP contribution in [0, 0.1) is 15.9 Å². The molecule has 2 aromatic rings. The number of halogens is 1. The van der Waals surface area contributed by atoms with Crippen LogP contribution in [0.4, 0.5) is 10.1 Å². The first-order valence-electron chi connectivity index (χ1n) is 5.27. The van der Waals surface area contributed by atoms with Crippen molar-refractivity contribution in [3.63, 3.8) is 0 Å². The largest absolute Gasteiger partial charge is 0.489 e. The Labute approximate surface area is 103 Å². The topological polar surface area (TPSA) is 52.4 Å². The number of hydrogen-bond acceptors (Lipinski definition) is 3. The lowest BCUT2D eigenvalue weighted by atomic mass is 10.2. The number of hydrogen-bond donors (Lipinski definition) is 0. The highest BCUT2D eigenvalue weighted by atomic mass is 19.1. The van der Waals surface area contributed by atoms with Gasteiger partial charge in [-0.2, -0.15) is 0 Å². The van der Waals surface area contributed by atoms with Crippen molar-refractivity contribution in [3.8, 4) is 5.75 Å². The van der Waals surface area contributed by atoms with Gasteiger partial charge in [0.05, 0.1) is 11.0 Å². The van der Waals surface area contributed by atoms with Crippen molar-refractivity contribution in [1.29, 1.82) is 0 Å². The number of rotatable bonds is 4. The lowest BCUT2D eigenvalue weighted by Crippen LogP contribution is -1.96. The number of non-ortho nitro benzene ring substituents is 1. The van der Waals surface area contributed by atoms with Gasteiger partial charge < -0.3 is 4.74 Å². The van der Waals surface area contributed by atoms with Gasteiger partial charge in [0.25, 0.3) is 5.69 Å². The molecule has 0 bridgehead atoms. The molecule has 2 rings (SSSR count). The summed E-state index contributed by atoms with van der Waals surface area (Å²) in [7, 11) is 0. The molecular formula is C13H10FNO3. The molecule has 0 heterocycles. The Bertz CT molecular complexity index is 572. The van der Waals surface area contributed by atoms with Gasteiger partial charge in [-0.05, 0) is 23.8 Å². The van der Waals surface area contributed by atoms with Crippen molar-refractivity contribution in [3.05, 3.63) is 70.0 Å². The van der Waals surface area contributed by atoms with Gasteiger partial charge in [-0.1, -0.05) is 18.2 Å². The van der Waals surface area contributed by atoms with Gasteiger partial charge in [0.2, 0.25) is 0 Å². The number of nitrogens with zero attached hydrogens (tertiary/aromatic N) is 1. The third kappa shape index (κ3) is 3.04. The van der Waals surface area contributed by atoms with E-state index < -0.39 is 4.92 Å². The second-order valence-electron chi connectivity index (χ2n) is 3.67. The normalized spacial score (nSPS) is 10.1. The van der Waals surface area contributed by atoms with E-state index in [-0.39, 0.29) is 18.1 Å². The Morgan fingerprint density at radius 1 is 1.17 bits per heavy atom. The summed E-state index contributed by atoms with van der Waals surface area (Å²) in [6.07, 6.45) is 0. The molecule has 0 saturated carbocycles. The molecule has 2 aromatic carbocycles. The summed E-state index contributed by atoms with van der Waals surface area (Å²) in [5.74, 6) is 0.0450. The van der Waals surface area contributed by atoms with E-state index in [1.165, 1.54) is 24.3 Å². The van der Waals surface area contributed by atoms with E-state index in [2.05, 4.69) is 0 Å². The molecule has 18 heavy (non-hydrogen) atoms. The van der Waals surface area contributed by atoms with E-state index in [1.807, 2.05) is 0 Å². The second kappa shape index (κ2) is 5.27. The predicted octanol–water partition coefficient (Wildman–Crippen LogP) is 3.31. The minimum absolute atomic E-state index is 0.0354. The standard InChI is InChI=1S/C13H10FNO3/c14-11-4-1-3-10(7-11)9-18-13-6-2-5-12(8-13)15(16)17/h1-8H,9H2. The summed E-state index contributed by atoms with van der Waals surface area (Å²) in [5, 5.41) is 10.6. The fraction of sp³-hybridized carbons (Fsp3) is 0.0769. The number of benzene rings is 2. The van der Waals surface area contributed by atoms with Gasteiger partial charge in [0, 0.05) is 6.07 Å². The van der Waals surface area contributed by atoms with Crippen LogP contribution in [0.25, 0.3) is 0 Å². The molecule has 0 atom stereocenters. The molecule has 92 valence electrons. The van der Waals surface area contributed by atoms with Crippen LogP contribution in [-0.4, -0.2) is 4.92 Å².